The normalized spacial score (nSPS) is 17.6. The first-order valence-electron chi connectivity index (χ1n) is 32.2. The fraction of sp³-hybridized carbons (Fsp3) is 0.544. The highest BCUT2D eigenvalue weighted by Gasteiger charge is 2.53. The van der Waals surface area contributed by atoms with Crippen molar-refractivity contribution in [1.29, 1.82) is 0 Å². The van der Waals surface area contributed by atoms with Crippen LogP contribution in [0.4, 0.5) is 11.4 Å². The third-order valence-electron chi connectivity index (χ3n) is 17.6. The molecule has 21 nitrogen and oxygen atoms in total. The zero-order valence-corrected chi connectivity index (χ0v) is 52.8. The van der Waals surface area contributed by atoms with Gasteiger partial charge >= 0.3 is 11.4 Å². The third-order valence-corrected chi connectivity index (χ3v) is 17.6. The number of nitrogens with zero attached hydrogens (tertiary/aromatic N) is 5. The Balaban J connectivity index is 1.11. The Hall–Kier alpha value is -7.43. The number of carbonyl (C=O) groups excluding carboxylic acids is 6. The van der Waals surface area contributed by atoms with Crippen LogP contribution in [0, 0.1) is 0 Å². The predicted molar refractivity (Wildman–Crippen MR) is 349 cm³/mol. The average Bonchev–Trinajstić information content (AvgIpc) is 0.775. The molecule has 1 aliphatic heterocycles. The van der Waals surface area contributed by atoms with Crippen LogP contribution in [-0.2, 0) is 41.2 Å². The van der Waals surface area contributed by atoms with Crippen LogP contribution in [0.1, 0.15) is 180 Å². The Morgan fingerprint density at radius 1 is 0.708 bits per heavy atom. The van der Waals surface area contributed by atoms with E-state index in [-0.39, 0.29) is 110 Å². The van der Waals surface area contributed by atoms with Gasteiger partial charge in [0.2, 0.25) is 29.5 Å². The molecule has 4 aliphatic rings. The van der Waals surface area contributed by atoms with Gasteiger partial charge in [0.15, 0.2) is 0 Å². The Bertz CT molecular complexity index is 3270. The summed E-state index contributed by atoms with van der Waals surface area (Å²) in [5.41, 5.74) is 28.6. The van der Waals surface area contributed by atoms with Crippen molar-refractivity contribution in [3.05, 3.63) is 127 Å². The molecule has 1 saturated heterocycles. The van der Waals surface area contributed by atoms with Crippen LogP contribution in [0.25, 0.3) is 10.9 Å². The number of hydrogen-bond acceptors (Lipinski definition) is 14. The van der Waals surface area contributed by atoms with Gasteiger partial charge in [-0.2, -0.15) is 0 Å². The van der Waals surface area contributed by atoms with Gasteiger partial charge in [0.1, 0.15) is 6.04 Å². The topological polar surface area (TPSA) is 314 Å². The summed E-state index contributed by atoms with van der Waals surface area (Å²) in [6, 6.07) is 15.0. The molecule has 0 radical (unpaired) electrons. The molecule has 3 aliphatic carbocycles. The Morgan fingerprint density at radius 2 is 1.25 bits per heavy atom. The maximum Gasteiger partial charge on any atom is 0.422 e. The maximum atomic E-state index is 14.7. The number of rotatable bonds is 36. The number of ether oxygens (including phenoxy) is 1. The number of likely N-dealkylation sites (tertiary alicyclic amines) is 1. The highest BCUT2D eigenvalue weighted by molar-refractivity contribution is 6.01. The first kappa shape index (κ1) is 69.1. The fourth-order valence-electron chi connectivity index (χ4n) is 12.7. The monoisotopic (exact) mass is 1230 g/mol. The van der Waals surface area contributed by atoms with Crippen LogP contribution < -0.4 is 44.9 Å². The molecule has 482 valence electrons. The van der Waals surface area contributed by atoms with Crippen molar-refractivity contribution in [2.75, 3.05) is 77.2 Å². The first-order chi connectivity index (χ1) is 43.0. The number of unbranched alkanes of at least 4 members (excludes halogenated alkanes) is 12. The molecule has 0 saturated carbocycles. The molecule has 3 aromatic carbocycles. The van der Waals surface area contributed by atoms with Crippen LogP contribution >= 0.6 is 0 Å². The number of fused-ring (bicyclic) bond motifs is 1. The van der Waals surface area contributed by atoms with E-state index in [0.29, 0.717) is 50.3 Å². The summed E-state index contributed by atoms with van der Waals surface area (Å²) in [6.07, 6.45) is 21.0. The molecule has 1 aromatic heterocycles. The van der Waals surface area contributed by atoms with E-state index in [9.17, 15) is 38.4 Å². The molecule has 8 rings (SSSR count). The van der Waals surface area contributed by atoms with E-state index in [1.165, 1.54) is 35.0 Å². The first-order valence-corrected chi connectivity index (χ1v) is 32.2. The zero-order chi connectivity index (χ0) is 64.0. The van der Waals surface area contributed by atoms with Gasteiger partial charge in [-0.25, -0.2) is 14.6 Å². The van der Waals surface area contributed by atoms with Crippen LogP contribution in [-0.4, -0.2) is 140 Å². The van der Waals surface area contributed by atoms with E-state index < -0.39 is 34.8 Å². The van der Waals surface area contributed by atoms with E-state index in [0.717, 1.165) is 128 Å². The zero-order valence-electron chi connectivity index (χ0n) is 52.8. The molecule has 0 unspecified atom stereocenters. The minimum Gasteiger partial charge on any atom is -0.378 e. The summed E-state index contributed by atoms with van der Waals surface area (Å²) < 4.78 is 12.0. The van der Waals surface area contributed by atoms with Gasteiger partial charge in [-0.05, 0) is 154 Å². The Labute approximate surface area is 523 Å². The number of hydrogen-bond donors (Lipinski definition) is 6. The van der Waals surface area contributed by atoms with E-state index in [2.05, 4.69) is 33.8 Å². The molecule has 0 spiro atoms. The molecule has 21 heteroatoms. The average molecular weight is 1230 g/mol. The van der Waals surface area contributed by atoms with E-state index in [1.54, 1.807) is 25.2 Å². The van der Waals surface area contributed by atoms with Crippen molar-refractivity contribution in [1.82, 2.24) is 19.3 Å². The Morgan fingerprint density at radius 3 is 1.81 bits per heavy atom. The number of aryl methyl sites for hydroxylation is 1. The smallest absolute Gasteiger partial charge is 0.378 e. The Kier molecular flexibility index (Phi) is 26.3. The lowest BCUT2D eigenvalue weighted by Gasteiger charge is -2.51. The molecule has 10 N–H and O–H groups in total. The predicted octanol–water partition coefficient (Wildman–Crippen LogP) is 7.44. The summed E-state index contributed by atoms with van der Waals surface area (Å²) in [5.74, 6) is -2.61. The summed E-state index contributed by atoms with van der Waals surface area (Å²) in [5, 5.41) is 6.49. The minimum absolute atomic E-state index is 0.0432. The molecule has 2 atom stereocenters. The number of anilines is 2. The molecular formula is C68H95N11O10. The number of nitrogens with one attached hydrogen (secondary N) is 2. The lowest BCUT2D eigenvalue weighted by atomic mass is 9.51. The summed E-state index contributed by atoms with van der Waals surface area (Å²) >= 11 is 0. The number of aromatic nitrogens is 1. The largest absolute Gasteiger partial charge is 0.422 e. The lowest BCUT2D eigenvalue weighted by molar-refractivity contribution is -0.134. The van der Waals surface area contributed by atoms with E-state index in [1.807, 2.05) is 37.3 Å². The van der Waals surface area contributed by atoms with Crippen LogP contribution in [0.3, 0.4) is 0 Å². The second-order valence-electron chi connectivity index (χ2n) is 24.1. The lowest BCUT2D eigenvalue weighted by Crippen LogP contribution is -2.47. The van der Waals surface area contributed by atoms with Gasteiger partial charge < -0.3 is 57.4 Å². The van der Waals surface area contributed by atoms with E-state index in [4.69, 9.17) is 32.1 Å². The molecule has 2 bridgehead atoms. The standard InChI is InChI=1S/C68H95N11O10/c1-5-21-50-56(44-73-59(80)22-15-9-6-12-18-33-69)68(32-31-62(83)76(2)36-38-88-39-37-77(3)65(85)58-41-47(72)45-79(58)64(84)46-25-28-53-57(40-46)78(4)67(87)89-66(53)86)54-42-48(74-60(81)23-16-10-7-13-19-34-70)26-29-51(54)63(50)52-30-27-49(43-55(52)68)75-61(82)24-17-11-8-14-20-35-71/h5,21,25-30,40,42-44,47,58,63H,6-20,22-24,31-39,41,45,69-72H2,1-4H3,(H,74,81)(H,75,82)/b21-5-,73-44?/t47-,58-,63?,68?/m0/s1. The SMILES string of the molecule is C/C=C\C1=C(C=NC(=O)CCCCCCCN)C2(CCC(=O)N(C)CCOCCN(C)C(=O)[C@@H]3C[C@H](N)CN3C(=O)c3ccc4c(=O)oc(=O)n(C)c4c3)c3cc(NC(=O)CCCCCCCN)ccc3C1c1ccc(NC(=O)CCCCCCCN)cc12. The van der Waals surface area contributed by atoms with Crippen molar-refractivity contribution in [3.63, 3.8) is 0 Å². The molecule has 1 fully saturated rings. The van der Waals surface area contributed by atoms with Crippen molar-refractivity contribution >= 4 is 63.9 Å². The van der Waals surface area contributed by atoms with Gasteiger partial charge in [0, 0.05) is 107 Å². The van der Waals surface area contributed by atoms with Crippen molar-refractivity contribution in [3.8, 4) is 0 Å². The van der Waals surface area contributed by atoms with Gasteiger partial charge in [-0.15, -0.1) is 0 Å². The third kappa shape index (κ3) is 17.7. The number of amides is 6. The van der Waals surface area contributed by atoms with Gasteiger partial charge in [-0.3, -0.25) is 33.3 Å². The van der Waals surface area contributed by atoms with Crippen LogP contribution in [0.15, 0.2) is 96.9 Å². The highest BCUT2D eigenvalue weighted by Crippen LogP contribution is 2.61. The summed E-state index contributed by atoms with van der Waals surface area (Å²) in [4.78, 5) is 118. The minimum atomic E-state index is -1.10. The number of carbonyl (C=O) groups is 6. The second-order valence-corrected chi connectivity index (χ2v) is 24.1. The van der Waals surface area contributed by atoms with Crippen molar-refractivity contribution in [2.45, 2.75) is 165 Å². The summed E-state index contributed by atoms with van der Waals surface area (Å²) in [7, 11) is 4.77. The number of benzene rings is 3. The van der Waals surface area contributed by atoms with Crippen LogP contribution in [0.2, 0.25) is 0 Å². The molecule has 89 heavy (non-hydrogen) atoms. The van der Waals surface area contributed by atoms with Gasteiger partial charge in [0.05, 0.1) is 24.1 Å². The van der Waals surface area contributed by atoms with Crippen molar-refractivity contribution in [2.24, 2.45) is 35.0 Å². The van der Waals surface area contributed by atoms with Gasteiger partial charge in [-0.1, -0.05) is 82.1 Å². The quantitative estimate of drug-likeness (QED) is 0.0191. The number of likely N-dealkylation sites (N-methyl/N-ethyl adjacent to an activating group) is 2. The molecular weight excluding hydrogens is 1130 g/mol. The molecule has 4 aromatic rings. The maximum absolute atomic E-state index is 14.7. The second kappa shape index (κ2) is 34.0. The number of aliphatic imine (C=N–C) groups is 1. The molecule has 6 amide bonds. The van der Waals surface area contributed by atoms with Crippen molar-refractivity contribution < 1.29 is 37.9 Å². The van der Waals surface area contributed by atoms with Crippen LogP contribution in [0.5, 0.6) is 0 Å². The molecule has 2 heterocycles. The number of nitrogens with two attached hydrogens (primary N) is 4. The number of allylic oxidation sites excluding steroid dienone is 4. The fourth-order valence-corrected chi connectivity index (χ4v) is 12.7. The van der Waals surface area contributed by atoms with E-state index >= 15 is 0 Å². The highest BCUT2D eigenvalue weighted by atomic mass is 16.5. The summed E-state index contributed by atoms with van der Waals surface area (Å²) in [6.45, 7) is 4.68. The van der Waals surface area contributed by atoms with Gasteiger partial charge in [0.25, 0.3) is 5.91 Å².